The summed E-state index contributed by atoms with van der Waals surface area (Å²) in [4.78, 5) is 21.5. The van der Waals surface area contributed by atoms with Gasteiger partial charge < -0.3 is 10.1 Å². The van der Waals surface area contributed by atoms with Crippen LogP contribution in [-0.2, 0) is 9.53 Å². The van der Waals surface area contributed by atoms with Crippen molar-refractivity contribution in [2.24, 2.45) is 0 Å². The van der Waals surface area contributed by atoms with Crippen molar-refractivity contribution in [3.63, 3.8) is 0 Å². The van der Waals surface area contributed by atoms with E-state index in [0.29, 0.717) is 19.4 Å². The SMILES string of the molecule is CCCC(NCCCC(=O)OC)c1cccc([N+](=O)[O-])c1. The van der Waals surface area contributed by atoms with E-state index in [-0.39, 0.29) is 22.6 Å². The third-order valence-electron chi connectivity index (χ3n) is 3.24. The molecule has 116 valence electrons. The highest BCUT2D eigenvalue weighted by Gasteiger charge is 2.14. The van der Waals surface area contributed by atoms with Crippen molar-refractivity contribution < 1.29 is 14.5 Å². The fraction of sp³-hybridized carbons (Fsp3) is 0.533. The van der Waals surface area contributed by atoms with Crippen LogP contribution in [0.15, 0.2) is 24.3 Å². The van der Waals surface area contributed by atoms with Gasteiger partial charge in [-0.15, -0.1) is 0 Å². The zero-order valence-corrected chi connectivity index (χ0v) is 12.5. The number of nitro groups is 1. The third kappa shape index (κ3) is 5.91. The van der Waals surface area contributed by atoms with Gasteiger partial charge in [-0.05, 0) is 24.9 Å². The minimum Gasteiger partial charge on any atom is -0.469 e. The van der Waals surface area contributed by atoms with E-state index in [1.54, 1.807) is 12.1 Å². The molecular formula is C15H22N2O4. The highest BCUT2D eigenvalue weighted by atomic mass is 16.6. The Morgan fingerprint density at radius 2 is 2.24 bits per heavy atom. The molecule has 6 nitrogen and oxygen atoms in total. The number of ether oxygens (including phenoxy) is 1. The van der Waals surface area contributed by atoms with Crippen LogP contribution in [0, 0.1) is 10.1 Å². The summed E-state index contributed by atoms with van der Waals surface area (Å²) in [5.74, 6) is -0.223. The fourth-order valence-corrected chi connectivity index (χ4v) is 2.14. The Hall–Kier alpha value is -1.95. The normalized spacial score (nSPS) is 11.9. The molecule has 0 aliphatic carbocycles. The smallest absolute Gasteiger partial charge is 0.305 e. The lowest BCUT2D eigenvalue weighted by Gasteiger charge is -2.18. The van der Waals surface area contributed by atoms with Crippen molar-refractivity contribution >= 4 is 11.7 Å². The summed E-state index contributed by atoms with van der Waals surface area (Å²) < 4.78 is 4.59. The molecule has 0 bridgehead atoms. The molecule has 0 saturated heterocycles. The van der Waals surface area contributed by atoms with Crippen molar-refractivity contribution in [3.8, 4) is 0 Å². The Balaban J connectivity index is 2.62. The average Bonchev–Trinajstić information content (AvgIpc) is 2.50. The molecule has 1 rings (SSSR count). The number of nitro benzene ring substituents is 1. The lowest BCUT2D eigenvalue weighted by atomic mass is 10.0. The van der Waals surface area contributed by atoms with Crippen molar-refractivity contribution in [1.82, 2.24) is 5.32 Å². The van der Waals surface area contributed by atoms with Crippen LogP contribution in [0.4, 0.5) is 5.69 Å². The first-order chi connectivity index (χ1) is 10.1. The van der Waals surface area contributed by atoms with Gasteiger partial charge in [0.05, 0.1) is 12.0 Å². The minimum absolute atomic E-state index is 0.0625. The maximum absolute atomic E-state index is 11.0. The van der Waals surface area contributed by atoms with E-state index < -0.39 is 0 Å². The van der Waals surface area contributed by atoms with Gasteiger partial charge in [0.25, 0.3) is 5.69 Å². The standard InChI is InChI=1S/C15H22N2O4/c1-3-6-14(16-10-5-9-15(18)21-2)12-7-4-8-13(11-12)17(19)20/h4,7-8,11,14,16H,3,5-6,9-10H2,1-2H3. The first-order valence-electron chi connectivity index (χ1n) is 7.13. The molecule has 0 amide bonds. The molecule has 0 aromatic heterocycles. The second kappa shape index (κ2) is 9.07. The van der Waals surface area contributed by atoms with Crippen molar-refractivity contribution in [1.29, 1.82) is 0 Å². The fourth-order valence-electron chi connectivity index (χ4n) is 2.14. The molecule has 0 saturated carbocycles. The predicted molar refractivity (Wildman–Crippen MR) is 80.0 cm³/mol. The van der Waals surface area contributed by atoms with E-state index in [4.69, 9.17) is 0 Å². The van der Waals surface area contributed by atoms with E-state index in [1.807, 2.05) is 6.07 Å². The summed E-state index contributed by atoms with van der Waals surface area (Å²) in [6.07, 6.45) is 2.91. The van der Waals surface area contributed by atoms with Crippen LogP contribution < -0.4 is 5.32 Å². The molecule has 1 aromatic carbocycles. The van der Waals surface area contributed by atoms with Gasteiger partial charge in [0.15, 0.2) is 0 Å². The third-order valence-corrected chi connectivity index (χ3v) is 3.24. The summed E-state index contributed by atoms with van der Waals surface area (Å²) in [5, 5.41) is 14.2. The predicted octanol–water partition coefficient (Wildman–Crippen LogP) is 2.98. The lowest BCUT2D eigenvalue weighted by Crippen LogP contribution is -2.23. The Bertz CT molecular complexity index is 476. The van der Waals surface area contributed by atoms with Crippen LogP contribution in [0.25, 0.3) is 0 Å². The number of methoxy groups -OCH3 is 1. The quantitative estimate of drug-likeness (QED) is 0.328. The molecule has 0 spiro atoms. The van der Waals surface area contributed by atoms with Gasteiger partial charge in [-0.25, -0.2) is 0 Å². The minimum atomic E-state index is -0.385. The number of carbonyl (C=O) groups is 1. The molecule has 1 aromatic rings. The summed E-state index contributed by atoms with van der Waals surface area (Å²) in [7, 11) is 1.37. The number of rotatable bonds is 9. The number of nitrogens with zero attached hydrogens (tertiary/aromatic N) is 1. The van der Waals surface area contributed by atoms with E-state index in [1.165, 1.54) is 13.2 Å². The maximum Gasteiger partial charge on any atom is 0.305 e. The van der Waals surface area contributed by atoms with E-state index >= 15 is 0 Å². The molecule has 6 heteroatoms. The van der Waals surface area contributed by atoms with Gasteiger partial charge in [-0.3, -0.25) is 14.9 Å². The van der Waals surface area contributed by atoms with Crippen LogP contribution >= 0.6 is 0 Å². The summed E-state index contributed by atoms with van der Waals surface area (Å²) in [6.45, 7) is 2.74. The number of carbonyl (C=O) groups excluding carboxylic acids is 1. The zero-order valence-electron chi connectivity index (χ0n) is 12.5. The second-order valence-electron chi connectivity index (χ2n) is 4.83. The van der Waals surface area contributed by atoms with Gasteiger partial charge >= 0.3 is 5.97 Å². The molecule has 0 aliphatic heterocycles. The van der Waals surface area contributed by atoms with Gasteiger partial charge in [-0.1, -0.05) is 25.5 Å². The molecule has 1 unspecified atom stereocenters. The molecule has 0 fully saturated rings. The van der Waals surface area contributed by atoms with Crippen molar-refractivity contribution in [2.45, 2.75) is 38.6 Å². The number of benzene rings is 1. The van der Waals surface area contributed by atoms with Gasteiger partial charge in [0.1, 0.15) is 0 Å². The highest BCUT2D eigenvalue weighted by Crippen LogP contribution is 2.22. The molecule has 1 N–H and O–H groups in total. The van der Waals surface area contributed by atoms with E-state index in [9.17, 15) is 14.9 Å². The van der Waals surface area contributed by atoms with E-state index in [2.05, 4.69) is 17.0 Å². The highest BCUT2D eigenvalue weighted by molar-refractivity contribution is 5.69. The number of non-ortho nitro benzene ring substituents is 1. The first-order valence-corrected chi connectivity index (χ1v) is 7.13. The largest absolute Gasteiger partial charge is 0.469 e. The lowest BCUT2D eigenvalue weighted by molar-refractivity contribution is -0.384. The Morgan fingerprint density at radius 3 is 2.86 bits per heavy atom. The zero-order chi connectivity index (χ0) is 15.7. The van der Waals surface area contributed by atoms with Gasteiger partial charge in [0, 0.05) is 24.6 Å². The number of hydrogen-bond donors (Lipinski definition) is 1. The van der Waals surface area contributed by atoms with Crippen LogP contribution in [-0.4, -0.2) is 24.5 Å². The van der Waals surface area contributed by atoms with Crippen LogP contribution in [0.1, 0.15) is 44.2 Å². The van der Waals surface area contributed by atoms with Gasteiger partial charge in [-0.2, -0.15) is 0 Å². The summed E-state index contributed by atoms with van der Waals surface area (Å²) in [5.41, 5.74) is 1.01. The number of esters is 1. The molecule has 0 radical (unpaired) electrons. The van der Waals surface area contributed by atoms with Crippen LogP contribution in [0.2, 0.25) is 0 Å². The first kappa shape index (κ1) is 17.1. The molecule has 0 heterocycles. The Morgan fingerprint density at radius 1 is 1.48 bits per heavy atom. The average molecular weight is 294 g/mol. The number of nitrogens with one attached hydrogen (secondary N) is 1. The maximum atomic E-state index is 11.0. The topological polar surface area (TPSA) is 81.5 Å². The second-order valence-corrected chi connectivity index (χ2v) is 4.83. The van der Waals surface area contributed by atoms with E-state index in [0.717, 1.165) is 18.4 Å². The summed E-state index contributed by atoms with van der Waals surface area (Å²) in [6, 6.07) is 6.75. The van der Waals surface area contributed by atoms with Gasteiger partial charge in [0.2, 0.25) is 0 Å². The summed E-state index contributed by atoms with van der Waals surface area (Å²) >= 11 is 0. The Labute approximate surface area is 124 Å². The molecule has 21 heavy (non-hydrogen) atoms. The monoisotopic (exact) mass is 294 g/mol. The van der Waals surface area contributed by atoms with Crippen LogP contribution in [0.3, 0.4) is 0 Å². The molecule has 0 aliphatic rings. The number of hydrogen-bond acceptors (Lipinski definition) is 5. The van der Waals surface area contributed by atoms with Crippen molar-refractivity contribution in [2.75, 3.05) is 13.7 Å². The van der Waals surface area contributed by atoms with Crippen molar-refractivity contribution in [3.05, 3.63) is 39.9 Å². The Kier molecular flexibility index (Phi) is 7.39. The molecule has 1 atom stereocenters. The molecular weight excluding hydrogens is 272 g/mol. The van der Waals surface area contributed by atoms with Crippen LogP contribution in [0.5, 0.6) is 0 Å².